The number of hydrogen-bond donors (Lipinski definition) is 0. The topological polar surface area (TPSA) is 80.8 Å². The molecule has 4 aliphatic carbocycles. The molecule has 3 saturated carbocycles. The van der Waals surface area contributed by atoms with Gasteiger partial charge in [-0.05, 0) is 37.1 Å². The molecule has 5 aliphatic rings. The van der Waals surface area contributed by atoms with Crippen molar-refractivity contribution in [3.05, 3.63) is 72.8 Å². The fourth-order valence-corrected chi connectivity index (χ4v) is 12.9. The molecule has 0 aromatic heterocycles. The molecular formula is C24H22O5S2. The minimum Gasteiger partial charge on any atom is -0.361 e. The van der Waals surface area contributed by atoms with Crippen LogP contribution >= 0.6 is 0 Å². The average molecular weight is 455 g/mol. The van der Waals surface area contributed by atoms with Crippen molar-refractivity contribution in [3.8, 4) is 0 Å². The maximum atomic E-state index is 13.9. The summed E-state index contributed by atoms with van der Waals surface area (Å²) in [6.45, 7) is 0. The SMILES string of the molecule is O=S(=O)(c1ccccc1)[C@@H]1[C@H](S(=O)(=O)c2ccccc2)[C@@H]2C[C@H]1[C@@]13O[C@@]21[C@H]1C=C[C@H]3C1. The van der Waals surface area contributed by atoms with E-state index in [1.54, 1.807) is 60.7 Å². The van der Waals surface area contributed by atoms with Crippen molar-refractivity contribution in [1.29, 1.82) is 0 Å². The van der Waals surface area contributed by atoms with E-state index in [9.17, 15) is 16.8 Å². The number of epoxide rings is 1. The molecule has 8 atom stereocenters. The summed E-state index contributed by atoms with van der Waals surface area (Å²) in [6.07, 6.45) is 5.89. The third-order valence-corrected chi connectivity index (χ3v) is 13.4. The van der Waals surface area contributed by atoms with Gasteiger partial charge in [0.25, 0.3) is 0 Å². The summed E-state index contributed by atoms with van der Waals surface area (Å²) in [7, 11) is -7.73. The normalized spacial score (nSPS) is 43.7. The number of benzene rings is 2. The molecule has 2 aromatic rings. The van der Waals surface area contributed by atoms with Crippen LogP contribution in [0.5, 0.6) is 0 Å². The summed E-state index contributed by atoms with van der Waals surface area (Å²) in [5, 5.41) is -1.98. The predicted molar refractivity (Wildman–Crippen MR) is 114 cm³/mol. The summed E-state index contributed by atoms with van der Waals surface area (Å²) in [5.74, 6) is -0.208. The zero-order valence-corrected chi connectivity index (χ0v) is 18.3. The molecule has 0 spiro atoms. The Morgan fingerprint density at radius 2 is 1.06 bits per heavy atom. The highest BCUT2D eigenvalue weighted by atomic mass is 32.2. The van der Waals surface area contributed by atoms with Crippen LogP contribution in [0, 0.1) is 23.7 Å². The van der Waals surface area contributed by atoms with Gasteiger partial charge in [-0.2, -0.15) is 0 Å². The van der Waals surface area contributed by atoms with Crippen molar-refractivity contribution in [2.75, 3.05) is 0 Å². The predicted octanol–water partition coefficient (Wildman–Crippen LogP) is 3.03. The lowest BCUT2D eigenvalue weighted by molar-refractivity contribution is 0.0967. The molecule has 5 nitrogen and oxygen atoms in total. The zero-order valence-electron chi connectivity index (χ0n) is 16.7. The first-order valence-corrected chi connectivity index (χ1v) is 13.9. The molecule has 7 rings (SSSR count). The molecule has 0 N–H and O–H groups in total. The van der Waals surface area contributed by atoms with E-state index in [-0.39, 0.29) is 33.5 Å². The summed E-state index contributed by atoms with van der Waals surface area (Å²) < 4.78 is 62.2. The molecule has 1 aliphatic heterocycles. The molecular weight excluding hydrogens is 432 g/mol. The summed E-state index contributed by atoms with van der Waals surface area (Å²) in [5.41, 5.74) is -0.987. The van der Waals surface area contributed by atoms with Crippen molar-refractivity contribution in [1.82, 2.24) is 0 Å². The first-order valence-electron chi connectivity index (χ1n) is 10.8. The lowest BCUT2D eigenvalue weighted by atomic mass is 9.73. The Morgan fingerprint density at radius 1 is 0.645 bits per heavy atom. The van der Waals surface area contributed by atoms with Crippen molar-refractivity contribution < 1.29 is 21.6 Å². The Kier molecular flexibility index (Phi) is 3.30. The van der Waals surface area contributed by atoms with Gasteiger partial charge in [0.05, 0.1) is 20.3 Å². The van der Waals surface area contributed by atoms with E-state index >= 15 is 0 Å². The molecule has 0 amide bonds. The van der Waals surface area contributed by atoms with Crippen molar-refractivity contribution in [2.45, 2.75) is 44.3 Å². The second kappa shape index (κ2) is 5.50. The molecule has 160 valence electrons. The quantitative estimate of drug-likeness (QED) is 0.524. The van der Waals surface area contributed by atoms with Gasteiger partial charge in [-0.25, -0.2) is 16.8 Å². The molecule has 4 bridgehead atoms. The summed E-state index contributed by atoms with van der Waals surface area (Å²) in [4.78, 5) is 0.393. The molecule has 1 saturated heterocycles. The standard InChI is InChI=1S/C24H22O5S2/c25-30(26,17-7-3-1-4-8-17)21-19-14-20(22(21)31(27,28)18-9-5-2-6-10-18)24-16-12-11-15(13-16)23(19,24)29-24/h1-12,15-16,19-22H,13-14H2/t15-,16-,19-,20+,21+,22-,23-,24+/m0/s1. The van der Waals surface area contributed by atoms with Gasteiger partial charge in [-0.15, -0.1) is 0 Å². The number of fused-ring (bicyclic) bond motifs is 4. The molecule has 2 aromatic carbocycles. The second-order valence-electron chi connectivity index (χ2n) is 9.62. The first kappa shape index (κ1) is 18.6. The molecule has 0 unspecified atom stereocenters. The van der Waals surface area contributed by atoms with Gasteiger partial charge in [0, 0.05) is 23.7 Å². The van der Waals surface area contributed by atoms with Gasteiger partial charge >= 0.3 is 0 Å². The highest BCUT2D eigenvalue weighted by molar-refractivity contribution is 7.96. The maximum Gasteiger partial charge on any atom is 0.182 e. The number of rotatable bonds is 4. The summed E-state index contributed by atoms with van der Waals surface area (Å²) in [6, 6.07) is 16.6. The van der Waals surface area contributed by atoms with E-state index in [0.29, 0.717) is 6.42 Å². The van der Waals surface area contributed by atoms with Crippen LogP contribution in [-0.4, -0.2) is 38.5 Å². The Balaban J connectivity index is 1.44. The van der Waals surface area contributed by atoms with Crippen LogP contribution in [0.1, 0.15) is 12.8 Å². The van der Waals surface area contributed by atoms with Crippen LogP contribution in [0.2, 0.25) is 0 Å². The smallest absolute Gasteiger partial charge is 0.182 e. The Hall–Kier alpha value is -1.96. The third-order valence-electron chi connectivity index (χ3n) is 8.68. The van der Waals surface area contributed by atoms with Gasteiger partial charge in [0.2, 0.25) is 0 Å². The molecule has 0 radical (unpaired) electrons. The zero-order chi connectivity index (χ0) is 21.2. The van der Waals surface area contributed by atoms with Gasteiger partial charge < -0.3 is 4.74 Å². The fourth-order valence-electron chi connectivity index (χ4n) is 7.76. The van der Waals surface area contributed by atoms with Gasteiger partial charge in [-0.3, -0.25) is 0 Å². The van der Waals surface area contributed by atoms with Crippen molar-refractivity contribution >= 4 is 19.7 Å². The highest BCUT2D eigenvalue weighted by Crippen LogP contribution is 2.84. The van der Waals surface area contributed by atoms with Crippen molar-refractivity contribution in [2.24, 2.45) is 23.7 Å². The van der Waals surface area contributed by atoms with E-state index in [1.165, 1.54) is 0 Å². The minimum atomic E-state index is -3.86. The number of sulfone groups is 2. The highest BCUT2D eigenvalue weighted by Gasteiger charge is 2.94. The second-order valence-corrected chi connectivity index (χ2v) is 13.8. The minimum absolute atomic E-state index is 0.196. The molecule has 1 heterocycles. The van der Waals surface area contributed by atoms with E-state index in [4.69, 9.17) is 4.74 Å². The Labute approximate surface area is 182 Å². The number of ether oxygens (including phenoxy) is 1. The maximum absolute atomic E-state index is 13.9. The van der Waals surface area contributed by atoms with Crippen LogP contribution in [0.4, 0.5) is 0 Å². The summed E-state index contributed by atoms with van der Waals surface area (Å²) >= 11 is 0. The van der Waals surface area contributed by atoms with Gasteiger partial charge in [0.1, 0.15) is 11.2 Å². The Bertz CT molecular complexity index is 1230. The first-order chi connectivity index (χ1) is 14.8. The average Bonchev–Trinajstić information content (AvgIpc) is 3.16. The van der Waals surface area contributed by atoms with Gasteiger partial charge in [0.15, 0.2) is 19.7 Å². The van der Waals surface area contributed by atoms with E-state index in [1.807, 2.05) is 0 Å². The largest absolute Gasteiger partial charge is 0.361 e. The van der Waals surface area contributed by atoms with Gasteiger partial charge in [-0.1, -0.05) is 48.6 Å². The van der Waals surface area contributed by atoms with Crippen molar-refractivity contribution in [3.63, 3.8) is 0 Å². The van der Waals surface area contributed by atoms with Crippen LogP contribution in [0.3, 0.4) is 0 Å². The van der Waals surface area contributed by atoms with Crippen LogP contribution in [-0.2, 0) is 24.4 Å². The lowest BCUT2D eigenvalue weighted by Crippen LogP contribution is -2.54. The van der Waals surface area contributed by atoms with Crippen LogP contribution < -0.4 is 0 Å². The Morgan fingerprint density at radius 3 is 1.48 bits per heavy atom. The van der Waals surface area contributed by atoms with E-state index < -0.39 is 41.4 Å². The molecule has 31 heavy (non-hydrogen) atoms. The lowest BCUT2D eigenvalue weighted by Gasteiger charge is -2.36. The molecule has 7 heteroatoms. The number of hydrogen-bond acceptors (Lipinski definition) is 5. The van der Waals surface area contributed by atoms with E-state index in [2.05, 4.69) is 12.2 Å². The van der Waals surface area contributed by atoms with E-state index in [0.717, 1.165) is 6.42 Å². The third kappa shape index (κ3) is 1.90. The van der Waals surface area contributed by atoms with Crippen LogP contribution in [0.25, 0.3) is 0 Å². The fraction of sp³-hybridized carbons (Fsp3) is 0.417. The molecule has 4 fully saturated rings. The monoisotopic (exact) mass is 454 g/mol. The van der Waals surface area contributed by atoms with Crippen LogP contribution in [0.15, 0.2) is 82.6 Å².